The van der Waals surface area contributed by atoms with Gasteiger partial charge in [0.1, 0.15) is 13.1 Å². The highest BCUT2D eigenvalue weighted by molar-refractivity contribution is 5.95. The minimum Gasteiger partial charge on any atom is -0.490 e. The van der Waals surface area contributed by atoms with E-state index in [1.54, 1.807) is 18.2 Å². The van der Waals surface area contributed by atoms with Crippen molar-refractivity contribution >= 4 is 5.91 Å². The maximum absolute atomic E-state index is 12.2. The zero-order valence-electron chi connectivity index (χ0n) is 10.8. The zero-order valence-corrected chi connectivity index (χ0v) is 10.8. The molecule has 1 amide bonds. The largest absolute Gasteiger partial charge is 0.490 e. The second-order valence-corrected chi connectivity index (χ2v) is 4.19. The lowest BCUT2D eigenvalue weighted by Crippen LogP contribution is -2.31. The van der Waals surface area contributed by atoms with Gasteiger partial charge in [-0.25, -0.2) is 0 Å². The van der Waals surface area contributed by atoms with Gasteiger partial charge in [0.25, 0.3) is 5.91 Å². The number of nitrogens with zero attached hydrogens (tertiary/aromatic N) is 3. The number of rotatable bonds is 3. The summed E-state index contributed by atoms with van der Waals surface area (Å²) in [6.07, 6.45) is 0.785. The molecule has 0 radical (unpaired) electrons. The van der Waals surface area contributed by atoms with E-state index in [9.17, 15) is 4.79 Å². The molecule has 1 aliphatic rings. The van der Waals surface area contributed by atoms with Crippen molar-refractivity contribution in [2.45, 2.75) is 6.42 Å². The summed E-state index contributed by atoms with van der Waals surface area (Å²) in [5, 5.41) is 17.4. The van der Waals surface area contributed by atoms with Crippen molar-refractivity contribution in [3.8, 4) is 23.6 Å². The van der Waals surface area contributed by atoms with Gasteiger partial charge < -0.3 is 14.4 Å². The van der Waals surface area contributed by atoms with E-state index in [1.165, 1.54) is 4.90 Å². The highest BCUT2D eigenvalue weighted by Crippen LogP contribution is 2.30. The number of fused-ring (bicyclic) bond motifs is 1. The highest BCUT2D eigenvalue weighted by atomic mass is 16.5. The Hall–Kier alpha value is -2.73. The van der Waals surface area contributed by atoms with E-state index >= 15 is 0 Å². The van der Waals surface area contributed by atoms with E-state index in [0.717, 1.165) is 6.42 Å². The fraction of sp³-hybridized carbons (Fsp3) is 0.357. The van der Waals surface area contributed by atoms with E-state index in [0.29, 0.717) is 30.3 Å². The molecule has 1 aromatic rings. The maximum atomic E-state index is 12.2. The standard InChI is InChI=1S/C14H13N3O3/c15-4-6-17(7-5-16)14(18)11-2-3-12-13(10-11)20-9-1-8-19-12/h2-3,10H,1,6-9H2. The van der Waals surface area contributed by atoms with Crippen LogP contribution in [0.2, 0.25) is 0 Å². The summed E-state index contributed by atoms with van der Waals surface area (Å²) < 4.78 is 11.0. The first-order valence-corrected chi connectivity index (χ1v) is 6.19. The summed E-state index contributed by atoms with van der Waals surface area (Å²) in [6.45, 7) is 0.863. The van der Waals surface area contributed by atoms with Crippen LogP contribution < -0.4 is 9.47 Å². The Kier molecular flexibility index (Phi) is 4.41. The number of amides is 1. The molecule has 1 aliphatic heterocycles. The SMILES string of the molecule is N#CCN(CC#N)C(=O)c1ccc2c(c1)OCCCO2. The number of hydrogen-bond donors (Lipinski definition) is 0. The number of carbonyl (C=O) groups is 1. The predicted molar refractivity (Wildman–Crippen MR) is 69.2 cm³/mol. The average Bonchev–Trinajstić information content (AvgIpc) is 2.70. The third-order valence-electron chi connectivity index (χ3n) is 2.80. The van der Waals surface area contributed by atoms with Crippen LogP contribution in [0.15, 0.2) is 18.2 Å². The minimum absolute atomic E-state index is 0.124. The summed E-state index contributed by atoms with van der Waals surface area (Å²) >= 11 is 0. The van der Waals surface area contributed by atoms with Crippen LogP contribution in [0.25, 0.3) is 0 Å². The molecule has 1 heterocycles. The van der Waals surface area contributed by atoms with E-state index in [4.69, 9.17) is 20.0 Å². The molecule has 1 aromatic carbocycles. The monoisotopic (exact) mass is 271 g/mol. The predicted octanol–water partition coefficient (Wildman–Crippen LogP) is 1.34. The summed E-state index contributed by atoms with van der Waals surface area (Å²) in [7, 11) is 0. The lowest BCUT2D eigenvalue weighted by atomic mass is 10.1. The molecule has 0 atom stereocenters. The molecule has 102 valence electrons. The Balaban J connectivity index is 2.24. The van der Waals surface area contributed by atoms with Gasteiger partial charge in [0, 0.05) is 12.0 Å². The van der Waals surface area contributed by atoms with Crippen LogP contribution >= 0.6 is 0 Å². The number of ether oxygens (including phenoxy) is 2. The molecule has 0 saturated carbocycles. The second kappa shape index (κ2) is 6.44. The second-order valence-electron chi connectivity index (χ2n) is 4.19. The fourth-order valence-electron chi connectivity index (χ4n) is 1.85. The van der Waals surface area contributed by atoms with Gasteiger partial charge in [0.15, 0.2) is 11.5 Å². The van der Waals surface area contributed by atoms with E-state index in [1.807, 2.05) is 12.1 Å². The molecule has 20 heavy (non-hydrogen) atoms. The van der Waals surface area contributed by atoms with Gasteiger partial charge in [-0.3, -0.25) is 4.79 Å². The Morgan fingerprint density at radius 3 is 2.45 bits per heavy atom. The van der Waals surface area contributed by atoms with Crippen molar-refractivity contribution in [2.75, 3.05) is 26.3 Å². The first-order chi connectivity index (χ1) is 9.76. The van der Waals surface area contributed by atoms with E-state index in [2.05, 4.69) is 0 Å². The lowest BCUT2D eigenvalue weighted by Gasteiger charge is -2.16. The summed E-state index contributed by atoms with van der Waals surface area (Å²) in [5.41, 5.74) is 0.375. The van der Waals surface area contributed by atoms with Gasteiger partial charge in [0.2, 0.25) is 0 Å². The number of nitriles is 2. The van der Waals surface area contributed by atoms with Crippen LogP contribution in [-0.4, -0.2) is 37.1 Å². The first kappa shape index (κ1) is 13.7. The van der Waals surface area contributed by atoms with E-state index < -0.39 is 0 Å². The molecule has 0 aliphatic carbocycles. The van der Waals surface area contributed by atoms with Crippen LogP contribution in [0.5, 0.6) is 11.5 Å². The molecule has 0 unspecified atom stereocenters. The number of benzene rings is 1. The zero-order chi connectivity index (χ0) is 14.4. The Morgan fingerprint density at radius 1 is 1.15 bits per heavy atom. The molecule has 2 rings (SSSR count). The third kappa shape index (κ3) is 2.99. The van der Waals surface area contributed by atoms with Gasteiger partial charge in [-0.1, -0.05) is 0 Å². The Labute approximate surface area is 116 Å². The van der Waals surface area contributed by atoms with Gasteiger partial charge >= 0.3 is 0 Å². The molecule has 0 aromatic heterocycles. The van der Waals surface area contributed by atoms with Crippen molar-refractivity contribution in [3.05, 3.63) is 23.8 Å². The molecule has 0 bridgehead atoms. The van der Waals surface area contributed by atoms with Gasteiger partial charge in [-0.05, 0) is 18.2 Å². The molecule has 6 nitrogen and oxygen atoms in total. The number of hydrogen-bond acceptors (Lipinski definition) is 5. The smallest absolute Gasteiger partial charge is 0.255 e. The third-order valence-corrected chi connectivity index (χ3v) is 2.80. The van der Waals surface area contributed by atoms with Crippen LogP contribution in [0.1, 0.15) is 16.8 Å². The quantitative estimate of drug-likeness (QED) is 0.774. The van der Waals surface area contributed by atoms with Crippen molar-refractivity contribution < 1.29 is 14.3 Å². The van der Waals surface area contributed by atoms with Gasteiger partial charge in [0.05, 0.1) is 25.4 Å². The minimum atomic E-state index is -0.372. The molecule has 0 spiro atoms. The molecule has 6 heteroatoms. The molecule has 0 saturated heterocycles. The van der Waals surface area contributed by atoms with Crippen LogP contribution in [0.4, 0.5) is 0 Å². The molecular formula is C14H13N3O3. The van der Waals surface area contributed by atoms with Crippen LogP contribution in [0.3, 0.4) is 0 Å². The van der Waals surface area contributed by atoms with Crippen molar-refractivity contribution in [3.63, 3.8) is 0 Å². The van der Waals surface area contributed by atoms with Gasteiger partial charge in [-0.2, -0.15) is 10.5 Å². The van der Waals surface area contributed by atoms with Crippen molar-refractivity contribution in [1.29, 1.82) is 10.5 Å². The lowest BCUT2D eigenvalue weighted by molar-refractivity contribution is 0.0794. The summed E-state index contributed by atoms with van der Waals surface area (Å²) in [6, 6.07) is 8.62. The van der Waals surface area contributed by atoms with Crippen molar-refractivity contribution in [1.82, 2.24) is 4.90 Å². The molecule has 0 fully saturated rings. The van der Waals surface area contributed by atoms with Gasteiger partial charge in [-0.15, -0.1) is 0 Å². The topological polar surface area (TPSA) is 86.4 Å². The fourth-order valence-corrected chi connectivity index (χ4v) is 1.85. The summed E-state index contributed by atoms with van der Waals surface area (Å²) in [5.74, 6) is 0.747. The average molecular weight is 271 g/mol. The Bertz CT molecular complexity index is 570. The molecule has 0 N–H and O–H groups in total. The number of carbonyl (C=O) groups excluding carboxylic acids is 1. The summed E-state index contributed by atoms with van der Waals surface area (Å²) in [4.78, 5) is 13.4. The van der Waals surface area contributed by atoms with Crippen molar-refractivity contribution in [2.24, 2.45) is 0 Å². The maximum Gasteiger partial charge on any atom is 0.255 e. The first-order valence-electron chi connectivity index (χ1n) is 6.19. The highest BCUT2D eigenvalue weighted by Gasteiger charge is 2.18. The Morgan fingerprint density at radius 2 is 1.80 bits per heavy atom. The van der Waals surface area contributed by atoms with Crippen LogP contribution in [0, 0.1) is 22.7 Å². The normalized spacial score (nSPS) is 12.7. The molecular weight excluding hydrogens is 258 g/mol. The van der Waals surface area contributed by atoms with Crippen LogP contribution in [-0.2, 0) is 0 Å². The van der Waals surface area contributed by atoms with E-state index in [-0.39, 0.29) is 19.0 Å².